The molecule has 2 atom stereocenters. The largest absolute Gasteiger partial charge is 0.348 e. The number of carbonyl (C=O) groups excluding carboxylic acids is 1. The summed E-state index contributed by atoms with van der Waals surface area (Å²) in [6.07, 6.45) is 1.02. The van der Waals surface area contributed by atoms with Crippen LogP contribution in [0.15, 0.2) is 48.5 Å². The van der Waals surface area contributed by atoms with E-state index >= 15 is 0 Å². The number of carbonyl (C=O) groups is 1. The SMILES string of the molecule is Cc1ccc([C@H](C)NC(=O)[C@@H](C)N(c2ccc(F)cc2)S(C)(=O)=O)cc1. The van der Waals surface area contributed by atoms with E-state index in [1.54, 1.807) is 0 Å². The number of benzene rings is 2. The van der Waals surface area contributed by atoms with E-state index in [9.17, 15) is 17.6 Å². The average molecular weight is 378 g/mol. The molecule has 0 aliphatic heterocycles. The molecule has 2 rings (SSSR count). The molecule has 0 fully saturated rings. The molecule has 0 heterocycles. The minimum absolute atomic E-state index is 0.236. The molecule has 0 saturated carbocycles. The standard InChI is InChI=1S/C19H23FN2O3S/c1-13-5-7-16(8-6-13)14(2)21-19(23)15(3)22(26(4,24)25)18-11-9-17(20)10-12-18/h5-12,14-15H,1-4H3,(H,21,23)/t14-,15+/m0/s1. The summed E-state index contributed by atoms with van der Waals surface area (Å²) >= 11 is 0. The van der Waals surface area contributed by atoms with Crippen LogP contribution in [0, 0.1) is 12.7 Å². The van der Waals surface area contributed by atoms with Crippen LogP contribution >= 0.6 is 0 Å². The summed E-state index contributed by atoms with van der Waals surface area (Å²) in [5.41, 5.74) is 2.27. The number of aryl methyl sites for hydroxylation is 1. The average Bonchev–Trinajstić information content (AvgIpc) is 2.56. The summed E-state index contributed by atoms with van der Waals surface area (Å²) in [4.78, 5) is 12.6. The van der Waals surface area contributed by atoms with Crippen LogP contribution in [0.2, 0.25) is 0 Å². The highest BCUT2D eigenvalue weighted by Gasteiger charge is 2.29. The minimum atomic E-state index is -3.73. The lowest BCUT2D eigenvalue weighted by atomic mass is 10.1. The summed E-state index contributed by atoms with van der Waals surface area (Å²) in [7, 11) is -3.73. The number of anilines is 1. The monoisotopic (exact) mass is 378 g/mol. The van der Waals surface area contributed by atoms with Crippen molar-refractivity contribution in [3.05, 3.63) is 65.5 Å². The highest BCUT2D eigenvalue weighted by Crippen LogP contribution is 2.22. The van der Waals surface area contributed by atoms with Crippen LogP contribution in [0.5, 0.6) is 0 Å². The first-order chi connectivity index (χ1) is 12.1. The quantitative estimate of drug-likeness (QED) is 0.840. The Balaban J connectivity index is 2.22. The summed E-state index contributed by atoms with van der Waals surface area (Å²) in [5.74, 6) is -0.917. The zero-order valence-electron chi connectivity index (χ0n) is 15.2. The van der Waals surface area contributed by atoms with Crippen LogP contribution in [-0.2, 0) is 14.8 Å². The molecule has 2 aromatic rings. The minimum Gasteiger partial charge on any atom is -0.348 e. The number of amides is 1. The lowest BCUT2D eigenvalue weighted by molar-refractivity contribution is -0.122. The summed E-state index contributed by atoms with van der Waals surface area (Å²) in [6.45, 7) is 5.31. The molecule has 26 heavy (non-hydrogen) atoms. The van der Waals surface area contributed by atoms with Gasteiger partial charge in [0.15, 0.2) is 0 Å². The van der Waals surface area contributed by atoms with Crippen molar-refractivity contribution in [2.75, 3.05) is 10.6 Å². The van der Waals surface area contributed by atoms with Crippen LogP contribution in [0.25, 0.3) is 0 Å². The normalized spacial score (nSPS) is 13.7. The van der Waals surface area contributed by atoms with Crippen molar-refractivity contribution in [2.45, 2.75) is 32.9 Å². The molecule has 140 valence electrons. The lowest BCUT2D eigenvalue weighted by Gasteiger charge is -2.29. The van der Waals surface area contributed by atoms with Crippen molar-refractivity contribution < 1.29 is 17.6 Å². The maximum atomic E-state index is 13.1. The number of rotatable bonds is 6. The zero-order valence-corrected chi connectivity index (χ0v) is 16.0. The molecular weight excluding hydrogens is 355 g/mol. The lowest BCUT2D eigenvalue weighted by Crippen LogP contribution is -2.48. The Morgan fingerprint density at radius 1 is 1.04 bits per heavy atom. The van der Waals surface area contributed by atoms with Gasteiger partial charge < -0.3 is 5.32 Å². The smallest absolute Gasteiger partial charge is 0.244 e. The van der Waals surface area contributed by atoms with Crippen molar-refractivity contribution >= 4 is 21.6 Å². The van der Waals surface area contributed by atoms with Gasteiger partial charge in [-0.25, -0.2) is 12.8 Å². The molecule has 5 nitrogen and oxygen atoms in total. The molecule has 0 aliphatic carbocycles. The van der Waals surface area contributed by atoms with Gasteiger partial charge in [0.25, 0.3) is 0 Å². The fourth-order valence-electron chi connectivity index (χ4n) is 2.67. The number of hydrogen-bond donors (Lipinski definition) is 1. The number of nitrogens with one attached hydrogen (secondary N) is 1. The Labute approximate surface area is 153 Å². The molecule has 1 amide bonds. The molecule has 0 saturated heterocycles. The highest BCUT2D eigenvalue weighted by atomic mass is 32.2. The second kappa shape index (κ2) is 7.86. The topological polar surface area (TPSA) is 66.5 Å². The maximum absolute atomic E-state index is 13.1. The van der Waals surface area contributed by atoms with Crippen molar-refractivity contribution in [2.24, 2.45) is 0 Å². The van der Waals surface area contributed by atoms with Crippen molar-refractivity contribution in [1.82, 2.24) is 5.32 Å². The van der Waals surface area contributed by atoms with Crippen LogP contribution in [-0.4, -0.2) is 26.6 Å². The number of nitrogens with zero attached hydrogens (tertiary/aromatic N) is 1. The van der Waals surface area contributed by atoms with Crippen LogP contribution in [0.4, 0.5) is 10.1 Å². The van der Waals surface area contributed by atoms with E-state index < -0.39 is 27.8 Å². The van der Waals surface area contributed by atoms with Crippen molar-refractivity contribution in [1.29, 1.82) is 0 Å². The predicted molar refractivity (Wildman–Crippen MR) is 101 cm³/mol. The van der Waals surface area contributed by atoms with E-state index in [-0.39, 0.29) is 11.7 Å². The second-order valence-electron chi connectivity index (χ2n) is 6.35. The van der Waals surface area contributed by atoms with Crippen LogP contribution in [0.1, 0.15) is 31.0 Å². The van der Waals surface area contributed by atoms with Gasteiger partial charge in [-0.2, -0.15) is 0 Å². The van der Waals surface area contributed by atoms with E-state index in [0.717, 1.165) is 33.8 Å². The second-order valence-corrected chi connectivity index (χ2v) is 8.21. The van der Waals surface area contributed by atoms with E-state index in [0.29, 0.717) is 0 Å². The first kappa shape index (κ1) is 19.9. The van der Waals surface area contributed by atoms with E-state index in [2.05, 4.69) is 5.32 Å². The van der Waals surface area contributed by atoms with Crippen molar-refractivity contribution in [3.8, 4) is 0 Å². The van der Waals surface area contributed by atoms with Crippen LogP contribution < -0.4 is 9.62 Å². The Kier molecular flexibility index (Phi) is 6.02. The first-order valence-corrected chi connectivity index (χ1v) is 10.1. The molecular formula is C19H23FN2O3S. The van der Waals surface area contributed by atoms with Gasteiger partial charge in [0.1, 0.15) is 11.9 Å². The van der Waals surface area contributed by atoms with Gasteiger partial charge >= 0.3 is 0 Å². The summed E-state index contributed by atoms with van der Waals surface area (Å²) in [6, 6.07) is 11.5. The van der Waals surface area contributed by atoms with E-state index in [1.807, 2.05) is 38.1 Å². The van der Waals surface area contributed by atoms with Crippen LogP contribution in [0.3, 0.4) is 0 Å². The number of halogens is 1. The summed E-state index contributed by atoms with van der Waals surface area (Å²) in [5, 5.41) is 2.83. The van der Waals surface area contributed by atoms with Gasteiger partial charge in [-0.05, 0) is 50.6 Å². The van der Waals surface area contributed by atoms with Gasteiger partial charge in [0.2, 0.25) is 15.9 Å². The maximum Gasteiger partial charge on any atom is 0.244 e. The van der Waals surface area contributed by atoms with Gasteiger partial charge in [0, 0.05) is 0 Å². The molecule has 0 spiro atoms. The van der Waals surface area contributed by atoms with Gasteiger partial charge in [-0.3, -0.25) is 9.10 Å². The fourth-order valence-corrected chi connectivity index (χ4v) is 3.84. The molecule has 0 aliphatic rings. The van der Waals surface area contributed by atoms with Crippen molar-refractivity contribution in [3.63, 3.8) is 0 Å². The van der Waals surface area contributed by atoms with Gasteiger partial charge in [-0.15, -0.1) is 0 Å². The molecule has 1 N–H and O–H groups in total. The Hall–Kier alpha value is -2.41. The molecule has 0 unspecified atom stereocenters. The fraction of sp³-hybridized carbons (Fsp3) is 0.316. The number of hydrogen-bond acceptors (Lipinski definition) is 3. The zero-order chi connectivity index (χ0) is 19.5. The Bertz CT molecular complexity index is 865. The Morgan fingerprint density at radius 3 is 2.08 bits per heavy atom. The van der Waals surface area contributed by atoms with E-state index in [4.69, 9.17) is 0 Å². The number of sulfonamides is 1. The first-order valence-electron chi connectivity index (χ1n) is 8.21. The van der Waals surface area contributed by atoms with Gasteiger partial charge in [0.05, 0.1) is 18.0 Å². The molecule has 7 heteroatoms. The highest BCUT2D eigenvalue weighted by molar-refractivity contribution is 7.92. The molecule has 0 radical (unpaired) electrons. The molecule has 2 aromatic carbocycles. The predicted octanol–water partition coefficient (Wildman–Crippen LogP) is 3.17. The summed E-state index contributed by atoms with van der Waals surface area (Å²) < 4.78 is 38.6. The Morgan fingerprint density at radius 2 is 1.58 bits per heavy atom. The van der Waals surface area contributed by atoms with Gasteiger partial charge in [-0.1, -0.05) is 29.8 Å². The third-order valence-corrected chi connectivity index (χ3v) is 5.35. The third-order valence-electron chi connectivity index (χ3n) is 4.11. The van der Waals surface area contributed by atoms with E-state index in [1.165, 1.54) is 19.1 Å². The third kappa shape index (κ3) is 4.82. The molecule has 0 bridgehead atoms. The molecule has 0 aromatic heterocycles.